The summed E-state index contributed by atoms with van der Waals surface area (Å²) in [6.45, 7) is 2.46. The molecule has 1 aromatic rings. The van der Waals surface area contributed by atoms with E-state index in [9.17, 15) is 0 Å². The van der Waals surface area contributed by atoms with Crippen LogP contribution in [0.4, 0.5) is 5.00 Å². The quantitative estimate of drug-likeness (QED) is 0.813. The van der Waals surface area contributed by atoms with Gasteiger partial charge in [0.15, 0.2) is 0 Å². The van der Waals surface area contributed by atoms with Crippen molar-refractivity contribution in [2.45, 2.75) is 31.3 Å². The molecule has 0 radical (unpaired) electrons. The molecule has 1 atom stereocenters. The maximum atomic E-state index is 3.85. The highest BCUT2D eigenvalue weighted by atomic mass is 32.1. The third kappa shape index (κ3) is 1.74. The minimum Gasteiger partial charge on any atom is -0.370 e. The van der Waals surface area contributed by atoms with Crippen LogP contribution >= 0.6 is 11.5 Å². The summed E-state index contributed by atoms with van der Waals surface area (Å²) >= 11 is 1.44. The molecule has 1 aromatic heterocycles. The van der Waals surface area contributed by atoms with Crippen LogP contribution in [0.5, 0.6) is 0 Å². The van der Waals surface area contributed by atoms with Gasteiger partial charge in [-0.15, -0.1) is 5.10 Å². The Hall–Kier alpha value is -0.680. The number of hydrogen-bond donors (Lipinski definition) is 1. The van der Waals surface area contributed by atoms with Gasteiger partial charge in [0, 0.05) is 36.7 Å². The van der Waals surface area contributed by atoms with Crippen LogP contribution in [0.1, 0.15) is 19.3 Å². The Morgan fingerprint density at radius 3 is 3.07 bits per heavy atom. The van der Waals surface area contributed by atoms with Crippen molar-refractivity contribution in [3.8, 4) is 0 Å². The molecule has 3 rings (SSSR count). The zero-order valence-corrected chi connectivity index (χ0v) is 8.83. The molecule has 14 heavy (non-hydrogen) atoms. The van der Waals surface area contributed by atoms with Crippen LogP contribution in [0.3, 0.4) is 0 Å². The van der Waals surface area contributed by atoms with Crippen molar-refractivity contribution >= 4 is 16.5 Å². The Bertz CT molecular complexity index is 296. The van der Waals surface area contributed by atoms with Crippen LogP contribution < -0.4 is 5.32 Å². The average Bonchev–Trinajstić information content (AvgIpc) is 2.75. The van der Waals surface area contributed by atoms with Crippen molar-refractivity contribution in [1.82, 2.24) is 14.5 Å². The minimum absolute atomic E-state index is 0.609. The van der Waals surface area contributed by atoms with Crippen molar-refractivity contribution in [3.05, 3.63) is 6.20 Å². The Labute approximate surface area is 87.5 Å². The fourth-order valence-corrected chi connectivity index (χ4v) is 2.60. The SMILES string of the molecule is c1nnsc1NC1CCN(C2CC2)C1. The molecule has 1 N–H and O–H groups in total. The molecule has 1 aliphatic heterocycles. The van der Waals surface area contributed by atoms with Crippen molar-refractivity contribution in [1.29, 1.82) is 0 Å². The Balaban J connectivity index is 1.55. The number of aromatic nitrogens is 2. The lowest BCUT2D eigenvalue weighted by Crippen LogP contribution is -2.27. The largest absolute Gasteiger partial charge is 0.370 e. The van der Waals surface area contributed by atoms with Gasteiger partial charge in [-0.2, -0.15) is 0 Å². The fraction of sp³-hybridized carbons (Fsp3) is 0.778. The summed E-state index contributed by atoms with van der Waals surface area (Å²) in [5, 5.41) is 8.41. The second kappa shape index (κ2) is 3.47. The smallest absolute Gasteiger partial charge is 0.130 e. The van der Waals surface area contributed by atoms with E-state index in [4.69, 9.17) is 0 Å². The molecule has 2 heterocycles. The van der Waals surface area contributed by atoms with Gasteiger partial charge in [0.1, 0.15) is 5.00 Å². The molecule has 76 valence electrons. The maximum absolute atomic E-state index is 3.85. The molecule has 1 unspecified atom stereocenters. The van der Waals surface area contributed by atoms with E-state index in [1.54, 1.807) is 0 Å². The third-order valence-electron chi connectivity index (χ3n) is 2.99. The van der Waals surface area contributed by atoms with Crippen molar-refractivity contribution in [2.75, 3.05) is 18.4 Å². The van der Waals surface area contributed by atoms with E-state index in [0.717, 1.165) is 11.0 Å². The second-order valence-corrected chi connectivity index (χ2v) is 4.92. The molecule has 5 heteroatoms. The lowest BCUT2D eigenvalue weighted by molar-refractivity contribution is 0.326. The van der Waals surface area contributed by atoms with Crippen molar-refractivity contribution in [2.24, 2.45) is 0 Å². The second-order valence-electron chi connectivity index (χ2n) is 4.14. The van der Waals surface area contributed by atoms with Crippen LogP contribution in [0, 0.1) is 0 Å². The zero-order valence-electron chi connectivity index (χ0n) is 8.02. The molecular weight excluding hydrogens is 196 g/mol. The topological polar surface area (TPSA) is 41.1 Å². The predicted molar refractivity (Wildman–Crippen MR) is 56.5 cm³/mol. The lowest BCUT2D eigenvalue weighted by atomic mass is 10.3. The highest BCUT2D eigenvalue weighted by Gasteiger charge is 2.34. The summed E-state index contributed by atoms with van der Waals surface area (Å²) < 4.78 is 3.85. The summed E-state index contributed by atoms with van der Waals surface area (Å²) in [7, 11) is 0. The van der Waals surface area contributed by atoms with Crippen LogP contribution in [0.25, 0.3) is 0 Å². The number of likely N-dealkylation sites (tertiary alicyclic amines) is 1. The molecule has 1 aliphatic carbocycles. The highest BCUT2D eigenvalue weighted by molar-refractivity contribution is 7.09. The van der Waals surface area contributed by atoms with E-state index >= 15 is 0 Å². The zero-order chi connectivity index (χ0) is 9.38. The van der Waals surface area contributed by atoms with Gasteiger partial charge in [0.2, 0.25) is 0 Å². The van der Waals surface area contributed by atoms with Gasteiger partial charge in [-0.1, -0.05) is 4.49 Å². The van der Waals surface area contributed by atoms with Crippen molar-refractivity contribution < 1.29 is 0 Å². The highest BCUT2D eigenvalue weighted by Crippen LogP contribution is 2.30. The van der Waals surface area contributed by atoms with Gasteiger partial charge < -0.3 is 5.32 Å². The average molecular weight is 210 g/mol. The molecule has 0 aromatic carbocycles. The molecule has 2 fully saturated rings. The van der Waals surface area contributed by atoms with E-state index < -0.39 is 0 Å². The van der Waals surface area contributed by atoms with Crippen LogP contribution in [-0.4, -0.2) is 39.7 Å². The number of anilines is 1. The van der Waals surface area contributed by atoms with E-state index in [0.29, 0.717) is 6.04 Å². The van der Waals surface area contributed by atoms with Gasteiger partial charge >= 0.3 is 0 Å². The fourth-order valence-electron chi connectivity index (χ4n) is 2.11. The summed E-state index contributed by atoms with van der Waals surface area (Å²) in [4.78, 5) is 2.60. The molecule has 0 spiro atoms. The Morgan fingerprint density at radius 2 is 2.36 bits per heavy atom. The van der Waals surface area contributed by atoms with Crippen LogP contribution in [0.2, 0.25) is 0 Å². The standard InChI is InChI=1S/C9H14N4S/c1-2-8(1)13-4-3-7(6-13)11-9-5-10-12-14-9/h5,7-8,11H,1-4,6H2. The molecule has 1 saturated carbocycles. The first-order valence-corrected chi connectivity index (χ1v) is 5.97. The first kappa shape index (κ1) is 8.61. The molecule has 1 saturated heterocycles. The van der Waals surface area contributed by atoms with Crippen LogP contribution in [0.15, 0.2) is 6.20 Å². The van der Waals surface area contributed by atoms with Gasteiger partial charge in [0.05, 0.1) is 6.20 Å². The number of hydrogen-bond acceptors (Lipinski definition) is 5. The number of nitrogens with zero attached hydrogens (tertiary/aromatic N) is 3. The summed E-state index contributed by atoms with van der Waals surface area (Å²) in [6.07, 6.45) is 5.89. The molecule has 0 bridgehead atoms. The van der Waals surface area contributed by atoms with Crippen molar-refractivity contribution in [3.63, 3.8) is 0 Å². The molecule has 4 nitrogen and oxygen atoms in total. The van der Waals surface area contributed by atoms with Gasteiger partial charge in [0.25, 0.3) is 0 Å². The summed E-state index contributed by atoms with van der Waals surface area (Å²) in [6, 6.07) is 1.51. The van der Waals surface area contributed by atoms with E-state index in [1.165, 1.54) is 43.9 Å². The summed E-state index contributed by atoms with van der Waals surface area (Å²) in [5.74, 6) is 0. The monoisotopic (exact) mass is 210 g/mol. The Kier molecular flexibility index (Phi) is 2.14. The third-order valence-corrected chi connectivity index (χ3v) is 3.59. The number of rotatable bonds is 3. The first-order valence-electron chi connectivity index (χ1n) is 5.20. The van der Waals surface area contributed by atoms with Gasteiger partial charge in [-0.3, -0.25) is 4.90 Å². The first-order chi connectivity index (χ1) is 6.92. The maximum Gasteiger partial charge on any atom is 0.130 e. The van der Waals surface area contributed by atoms with Crippen LogP contribution in [-0.2, 0) is 0 Å². The Morgan fingerprint density at radius 1 is 1.43 bits per heavy atom. The van der Waals surface area contributed by atoms with Gasteiger partial charge in [-0.05, 0) is 19.3 Å². The molecule has 0 amide bonds. The lowest BCUT2D eigenvalue weighted by Gasteiger charge is -2.15. The van der Waals surface area contributed by atoms with E-state index in [2.05, 4.69) is 19.8 Å². The molecular formula is C9H14N4S. The molecule has 2 aliphatic rings. The summed E-state index contributed by atoms with van der Waals surface area (Å²) in [5.41, 5.74) is 0. The van der Waals surface area contributed by atoms with E-state index in [1.807, 2.05) is 6.20 Å². The minimum atomic E-state index is 0.609. The van der Waals surface area contributed by atoms with E-state index in [-0.39, 0.29) is 0 Å². The normalized spacial score (nSPS) is 28.1. The van der Waals surface area contributed by atoms with Gasteiger partial charge in [-0.25, -0.2) is 0 Å². The number of nitrogens with one attached hydrogen (secondary N) is 1. The predicted octanol–water partition coefficient (Wildman–Crippen LogP) is 1.19.